The molecule has 0 radical (unpaired) electrons. The number of nitrogens with zero attached hydrogens (tertiary/aromatic N) is 4. The number of aliphatic hydroxyl groups excluding tert-OH is 1. The fourth-order valence-corrected chi connectivity index (χ4v) is 3.96. The number of fused-ring (bicyclic) bond motifs is 2. The van der Waals surface area contributed by atoms with Crippen LogP contribution in [0.4, 0.5) is 0 Å². The lowest BCUT2D eigenvalue weighted by Crippen LogP contribution is -2.20. The van der Waals surface area contributed by atoms with Crippen LogP contribution in [-0.2, 0) is 13.1 Å². The third-order valence-corrected chi connectivity index (χ3v) is 5.50. The van der Waals surface area contributed by atoms with Gasteiger partial charge in [-0.3, -0.25) is 9.55 Å². The van der Waals surface area contributed by atoms with E-state index in [0.717, 1.165) is 65.8 Å². The number of H-pyrrole nitrogens is 1. The van der Waals surface area contributed by atoms with E-state index >= 15 is 0 Å². The van der Waals surface area contributed by atoms with Crippen LogP contribution in [0, 0.1) is 0 Å². The summed E-state index contributed by atoms with van der Waals surface area (Å²) >= 11 is 0. The molecule has 7 heteroatoms. The summed E-state index contributed by atoms with van der Waals surface area (Å²) in [5.74, 6) is 1.31. The molecule has 3 aromatic heterocycles. The molecule has 0 aliphatic heterocycles. The lowest BCUT2D eigenvalue weighted by molar-refractivity contribution is 0.281. The Morgan fingerprint density at radius 1 is 1.14 bits per heavy atom. The Bertz CT molecular complexity index is 1200. The number of hydrogen-bond donors (Lipinski definition) is 2. The fourth-order valence-electron chi connectivity index (χ4n) is 3.96. The molecule has 28 heavy (non-hydrogen) atoms. The Kier molecular flexibility index (Phi) is 4.24. The highest BCUT2D eigenvalue weighted by Gasteiger charge is 2.29. The normalized spacial score (nSPS) is 14.3. The van der Waals surface area contributed by atoms with Crippen LogP contribution in [0.3, 0.4) is 0 Å². The van der Waals surface area contributed by atoms with Gasteiger partial charge < -0.3 is 14.7 Å². The number of aryl methyl sites for hydroxylation is 1. The first-order valence-electron chi connectivity index (χ1n) is 9.88. The van der Waals surface area contributed by atoms with Crippen molar-refractivity contribution in [2.45, 2.75) is 44.7 Å². The number of aromatic amines is 1. The molecule has 1 aliphatic rings. The van der Waals surface area contributed by atoms with Crippen molar-refractivity contribution in [1.29, 1.82) is 0 Å². The van der Waals surface area contributed by atoms with Crippen LogP contribution in [-0.4, -0.2) is 35.8 Å². The van der Waals surface area contributed by atoms with Gasteiger partial charge in [-0.1, -0.05) is 12.1 Å². The smallest absolute Gasteiger partial charge is 0.326 e. The number of aliphatic hydroxyl groups is 1. The summed E-state index contributed by atoms with van der Waals surface area (Å²) in [4.78, 5) is 25.1. The number of aromatic nitrogens is 5. The van der Waals surface area contributed by atoms with E-state index in [9.17, 15) is 4.79 Å². The molecule has 2 N–H and O–H groups in total. The van der Waals surface area contributed by atoms with Gasteiger partial charge in [0.15, 0.2) is 0 Å². The molecule has 4 aromatic rings. The second-order valence-electron chi connectivity index (χ2n) is 7.48. The van der Waals surface area contributed by atoms with E-state index < -0.39 is 0 Å². The molecule has 0 amide bonds. The fraction of sp³-hybridized carbons (Fsp3) is 0.381. The second kappa shape index (κ2) is 6.91. The monoisotopic (exact) mass is 377 g/mol. The van der Waals surface area contributed by atoms with E-state index in [1.54, 1.807) is 10.8 Å². The van der Waals surface area contributed by atoms with Crippen molar-refractivity contribution < 1.29 is 5.11 Å². The first-order valence-corrected chi connectivity index (χ1v) is 9.88. The Balaban J connectivity index is 1.61. The highest BCUT2D eigenvalue weighted by atomic mass is 16.2. The van der Waals surface area contributed by atoms with E-state index in [-0.39, 0.29) is 12.3 Å². The molecular weight excluding hydrogens is 354 g/mol. The average Bonchev–Trinajstić information content (AvgIpc) is 3.43. The molecular formula is C21H23N5O2. The van der Waals surface area contributed by atoms with Crippen LogP contribution < -0.4 is 5.69 Å². The summed E-state index contributed by atoms with van der Waals surface area (Å²) in [6.07, 6.45) is 5.65. The summed E-state index contributed by atoms with van der Waals surface area (Å²) in [5.41, 5.74) is 4.62. The largest absolute Gasteiger partial charge is 0.396 e. The van der Waals surface area contributed by atoms with Crippen LogP contribution in [0.15, 0.2) is 41.3 Å². The SMILES string of the molecule is O=c1[nH]c2ccnc(C3CC3)c2n1Cc1nc2ccccc2n1CCCCO. The highest BCUT2D eigenvalue weighted by molar-refractivity contribution is 5.79. The van der Waals surface area contributed by atoms with Crippen molar-refractivity contribution in [2.24, 2.45) is 0 Å². The van der Waals surface area contributed by atoms with Gasteiger partial charge >= 0.3 is 5.69 Å². The summed E-state index contributed by atoms with van der Waals surface area (Å²) in [6.45, 7) is 1.35. The zero-order chi connectivity index (χ0) is 19.1. The van der Waals surface area contributed by atoms with Crippen molar-refractivity contribution in [3.63, 3.8) is 0 Å². The molecule has 1 aromatic carbocycles. The molecule has 0 spiro atoms. The van der Waals surface area contributed by atoms with E-state index in [1.807, 2.05) is 24.3 Å². The molecule has 0 bridgehead atoms. The molecule has 5 rings (SSSR count). The van der Waals surface area contributed by atoms with E-state index in [0.29, 0.717) is 12.5 Å². The lowest BCUT2D eigenvalue weighted by atomic mass is 10.2. The van der Waals surface area contributed by atoms with E-state index in [2.05, 4.69) is 20.6 Å². The minimum atomic E-state index is -0.126. The lowest BCUT2D eigenvalue weighted by Gasteiger charge is -2.11. The third-order valence-electron chi connectivity index (χ3n) is 5.50. The summed E-state index contributed by atoms with van der Waals surface area (Å²) < 4.78 is 3.95. The predicted octanol–water partition coefficient (Wildman–Crippen LogP) is 2.77. The van der Waals surface area contributed by atoms with Gasteiger partial charge in [-0.2, -0.15) is 0 Å². The number of imidazole rings is 2. The number of rotatable bonds is 7. The molecule has 1 aliphatic carbocycles. The number of pyridine rings is 1. The molecule has 144 valence electrons. The van der Waals surface area contributed by atoms with Gasteiger partial charge in [-0.15, -0.1) is 0 Å². The first-order chi connectivity index (χ1) is 13.8. The summed E-state index contributed by atoms with van der Waals surface area (Å²) in [6, 6.07) is 9.90. The first kappa shape index (κ1) is 17.2. The van der Waals surface area contributed by atoms with E-state index in [1.165, 1.54) is 0 Å². The second-order valence-corrected chi connectivity index (χ2v) is 7.48. The van der Waals surface area contributed by atoms with Crippen LogP contribution >= 0.6 is 0 Å². The number of benzene rings is 1. The Labute approximate surface area is 161 Å². The van der Waals surface area contributed by atoms with Crippen molar-refractivity contribution >= 4 is 22.1 Å². The number of nitrogens with one attached hydrogen (secondary N) is 1. The molecule has 7 nitrogen and oxygen atoms in total. The van der Waals surface area contributed by atoms with Gasteiger partial charge in [-0.25, -0.2) is 9.78 Å². The molecule has 0 unspecified atom stereocenters. The number of hydrogen-bond acceptors (Lipinski definition) is 4. The maximum absolute atomic E-state index is 12.7. The molecule has 0 saturated heterocycles. The van der Waals surface area contributed by atoms with Crippen LogP contribution in [0.5, 0.6) is 0 Å². The Morgan fingerprint density at radius 3 is 2.82 bits per heavy atom. The standard InChI is InChI=1S/C21H23N5O2/c27-12-4-3-11-25-17-6-2-1-5-15(17)23-18(25)13-26-20-16(24-21(26)28)9-10-22-19(20)14-7-8-14/h1-2,5-6,9-10,14,27H,3-4,7-8,11-13H2,(H,24,28). The quantitative estimate of drug-likeness (QED) is 0.485. The Morgan fingerprint density at radius 2 is 2.00 bits per heavy atom. The Hall–Kier alpha value is -2.93. The highest BCUT2D eigenvalue weighted by Crippen LogP contribution is 2.41. The van der Waals surface area contributed by atoms with Crippen LogP contribution in [0.1, 0.15) is 43.1 Å². The van der Waals surface area contributed by atoms with Crippen LogP contribution in [0.25, 0.3) is 22.1 Å². The third kappa shape index (κ3) is 2.92. The maximum Gasteiger partial charge on any atom is 0.326 e. The predicted molar refractivity (Wildman–Crippen MR) is 107 cm³/mol. The maximum atomic E-state index is 12.7. The van der Waals surface area contributed by atoms with Crippen molar-refractivity contribution in [3.05, 3.63) is 58.5 Å². The number of unbranched alkanes of at least 4 members (excludes halogenated alkanes) is 1. The van der Waals surface area contributed by atoms with Gasteiger partial charge in [0.1, 0.15) is 5.82 Å². The van der Waals surface area contributed by atoms with Gasteiger partial charge in [0.2, 0.25) is 0 Å². The average molecular weight is 377 g/mol. The van der Waals surface area contributed by atoms with Crippen molar-refractivity contribution in [3.8, 4) is 0 Å². The van der Waals surface area contributed by atoms with Crippen molar-refractivity contribution in [1.82, 2.24) is 24.1 Å². The topological polar surface area (TPSA) is 88.7 Å². The van der Waals surface area contributed by atoms with Gasteiger partial charge in [0, 0.05) is 25.3 Å². The summed E-state index contributed by atoms with van der Waals surface area (Å²) in [5, 5.41) is 9.15. The zero-order valence-corrected chi connectivity index (χ0v) is 15.6. The molecule has 0 atom stereocenters. The van der Waals surface area contributed by atoms with Crippen LogP contribution in [0.2, 0.25) is 0 Å². The minimum absolute atomic E-state index is 0.126. The van der Waals surface area contributed by atoms with Gasteiger partial charge in [0.25, 0.3) is 0 Å². The molecule has 1 saturated carbocycles. The summed E-state index contributed by atoms with van der Waals surface area (Å²) in [7, 11) is 0. The number of para-hydroxylation sites is 2. The molecule has 1 fully saturated rings. The molecule has 3 heterocycles. The van der Waals surface area contributed by atoms with E-state index in [4.69, 9.17) is 10.1 Å². The van der Waals surface area contributed by atoms with Crippen molar-refractivity contribution in [2.75, 3.05) is 6.61 Å². The zero-order valence-electron chi connectivity index (χ0n) is 15.6. The van der Waals surface area contributed by atoms with Gasteiger partial charge in [-0.05, 0) is 43.9 Å². The minimum Gasteiger partial charge on any atom is -0.396 e. The van der Waals surface area contributed by atoms with Gasteiger partial charge in [0.05, 0.1) is 34.3 Å².